The Hall–Kier alpha value is -0.570. The Morgan fingerprint density at radius 2 is 1.92 bits per heavy atom. The quantitative estimate of drug-likeness (QED) is 0.660. The van der Waals surface area contributed by atoms with Crippen molar-refractivity contribution in [3.63, 3.8) is 0 Å². The maximum absolute atomic E-state index is 11.5. The highest BCUT2D eigenvalue weighted by molar-refractivity contribution is 5.80. The second-order valence-corrected chi connectivity index (χ2v) is 4.99. The number of ether oxygens (including phenoxy) is 1. The summed E-state index contributed by atoms with van der Waals surface area (Å²) < 4.78 is 4.77. The maximum atomic E-state index is 11.5. The van der Waals surface area contributed by atoms with E-state index in [1.54, 1.807) is 0 Å². The Morgan fingerprint density at radius 3 is 2.15 bits per heavy atom. The molecule has 0 aromatic rings. The Balaban J connectivity index is 2.77. The van der Waals surface area contributed by atoms with Crippen molar-refractivity contribution >= 4 is 5.97 Å². The number of carbonyl (C=O) groups is 1. The molecule has 1 atom stereocenters. The zero-order chi connectivity index (χ0) is 10.3. The summed E-state index contributed by atoms with van der Waals surface area (Å²) in [7, 11) is 1.43. The van der Waals surface area contributed by atoms with E-state index in [0.717, 1.165) is 12.8 Å². The third-order valence-corrected chi connectivity index (χ3v) is 2.91. The van der Waals surface area contributed by atoms with E-state index in [1.165, 1.54) is 7.11 Å². The van der Waals surface area contributed by atoms with E-state index in [2.05, 4.69) is 20.8 Å². The lowest BCUT2D eigenvalue weighted by Gasteiger charge is -2.32. The molecule has 0 aliphatic heterocycles. The predicted octanol–water partition coefficient (Wildman–Crippen LogP) is 1.31. The lowest BCUT2D eigenvalue weighted by atomic mass is 9.77. The lowest BCUT2D eigenvalue weighted by molar-refractivity contribution is -0.149. The molecule has 1 aliphatic rings. The van der Waals surface area contributed by atoms with Gasteiger partial charge in [-0.3, -0.25) is 4.79 Å². The SMILES string of the molecule is COC(=O)C1(C(N)C(C)(C)C)CC1. The van der Waals surface area contributed by atoms with Crippen molar-refractivity contribution in [3.8, 4) is 0 Å². The second kappa shape index (κ2) is 2.98. The van der Waals surface area contributed by atoms with Gasteiger partial charge in [-0.1, -0.05) is 20.8 Å². The summed E-state index contributed by atoms with van der Waals surface area (Å²) in [5.74, 6) is -0.144. The van der Waals surface area contributed by atoms with Gasteiger partial charge in [-0.15, -0.1) is 0 Å². The molecule has 13 heavy (non-hydrogen) atoms. The number of carbonyl (C=O) groups excluding carboxylic acids is 1. The molecule has 76 valence electrons. The van der Waals surface area contributed by atoms with Gasteiger partial charge in [0.25, 0.3) is 0 Å². The van der Waals surface area contributed by atoms with Gasteiger partial charge >= 0.3 is 5.97 Å². The van der Waals surface area contributed by atoms with Crippen molar-refractivity contribution in [1.29, 1.82) is 0 Å². The summed E-state index contributed by atoms with van der Waals surface area (Å²) in [5.41, 5.74) is 5.65. The van der Waals surface area contributed by atoms with Crippen molar-refractivity contribution < 1.29 is 9.53 Å². The minimum atomic E-state index is -0.382. The largest absolute Gasteiger partial charge is 0.469 e. The van der Waals surface area contributed by atoms with Crippen molar-refractivity contribution in [1.82, 2.24) is 0 Å². The number of esters is 1. The maximum Gasteiger partial charge on any atom is 0.313 e. The first-order valence-electron chi connectivity index (χ1n) is 4.68. The van der Waals surface area contributed by atoms with E-state index in [0.29, 0.717) is 0 Å². The molecule has 0 amide bonds. The molecule has 0 radical (unpaired) electrons. The third kappa shape index (κ3) is 1.70. The van der Waals surface area contributed by atoms with Crippen LogP contribution >= 0.6 is 0 Å². The van der Waals surface area contributed by atoms with Crippen molar-refractivity contribution in [3.05, 3.63) is 0 Å². The molecule has 0 aromatic heterocycles. The molecule has 1 saturated carbocycles. The van der Waals surface area contributed by atoms with Crippen LogP contribution in [-0.4, -0.2) is 19.1 Å². The number of methoxy groups -OCH3 is 1. The first-order chi connectivity index (χ1) is 5.84. The van der Waals surface area contributed by atoms with Gasteiger partial charge in [-0.25, -0.2) is 0 Å². The number of hydrogen-bond acceptors (Lipinski definition) is 3. The Morgan fingerprint density at radius 1 is 1.46 bits per heavy atom. The van der Waals surface area contributed by atoms with Crippen LogP contribution in [0.2, 0.25) is 0 Å². The van der Waals surface area contributed by atoms with Crippen LogP contribution in [0.5, 0.6) is 0 Å². The van der Waals surface area contributed by atoms with Gasteiger partial charge in [0.1, 0.15) is 0 Å². The normalized spacial score (nSPS) is 22.2. The highest BCUT2D eigenvalue weighted by atomic mass is 16.5. The van der Waals surface area contributed by atoms with E-state index in [1.807, 2.05) is 0 Å². The summed E-state index contributed by atoms with van der Waals surface area (Å²) in [6, 6.07) is -0.104. The van der Waals surface area contributed by atoms with Gasteiger partial charge in [-0.2, -0.15) is 0 Å². The van der Waals surface area contributed by atoms with Crippen LogP contribution in [0, 0.1) is 10.8 Å². The zero-order valence-corrected chi connectivity index (χ0v) is 8.89. The lowest BCUT2D eigenvalue weighted by Crippen LogP contribution is -2.47. The van der Waals surface area contributed by atoms with Crippen molar-refractivity contribution in [2.75, 3.05) is 7.11 Å². The van der Waals surface area contributed by atoms with E-state index in [4.69, 9.17) is 10.5 Å². The smallest absolute Gasteiger partial charge is 0.313 e. The molecule has 0 aromatic carbocycles. The van der Waals surface area contributed by atoms with Crippen LogP contribution in [-0.2, 0) is 9.53 Å². The van der Waals surface area contributed by atoms with Crippen molar-refractivity contribution in [2.45, 2.75) is 39.7 Å². The van der Waals surface area contributed by atoms with Gasteiger partial charge in [-0.05, 0) is 18.3 Å². The van der Waals surface area contributed by atoms with Crippen LogP contribution < -0.4 is 5.73 Å². The van der Waals surface area contributed by atoms with Gasteiger partial charge in [0.05, 0.1) is 12.5 Å². The predicted molar refractivity (Wildman–Crippen MR) is 51.1 cm³/mol. The molecule has 3 nitrogen and oxygen atoms in total. The fourth-order valence-corrected chi connectivity index (χ4v) is 1.81. The van der Waals surface area contributed by atoms with Crippen molar-refractivity contribution in [2.24, 2.45) is 16.6 Å². The number of nitrogens with two attached hydrogens (primary N) is 1. The van der Waals surface area contributed by atoms with Crippen LogP contribution in [0.4, 0.5) is 0 Å². The molecule has 1 rings (SSSR count). The van der Waals surface area contributed by atoms with Crippen LogP contribution in [0.3, 0.4) is 0 Å². The molecule has 3 heteroatoms. The Kier molecular flexibility index (Phi) is 2.41. The fraction of sp³-hybridized carbons (Fsp3) is 0.900. The van der Waals surface area contributed by atoms with Gasteiger partial charge in [0.2, 0.25) is 0 Å². The summed E-state index contributed by atoms with van der Waals surface area (Å²) in [6.45, 7) is 6.17. The molecule has 1 aliphatic carbocycles. The first kappa shape index (κ1) is 10.5. The molecule has 0 bridgehead atoms. The molecule has 0 heterocycles. The van der Waals surface area contributed by atoms with Crippen LogP contribution in [0.15, 0.2) is 0 Å². The minimum absolute atomic E-state index is 0.0370. The van der Waals surface area contributed by atoms with E-state index in [-0.39, 0.29) is 22.8 Å². The number of hydrogen-bond donors (Lipinski definition) is 1. The minimum Gasteiger partial charge on any atom is -0.469 e. The molecule has 2 N–H and O–H groups in total. The topological polar surface area (TPSA) is 52.3 Å². The van der Waals surface area contributed by atoms with Crippen LogP contribution in [0.1, 0.15) is 33.6 Å². The Labute approximate surface area is 79.6 Å². The molecular formula is C10H19NO2. The van der Waals surface area contributed by atoms with Gasteiger partial charge < -0.3 is 10.5 Å². The molecule has 1 fully saturated rings. The summed E-state index contributed by atoms with van der Waals surface area (Å²) >= 11 is 0. The summed E-state index contributed by atoms with van der Waals surface area (Å²) in [6.07, 6.45) is 1.75. The zero-order valence-electron chi connectivity index (χ0n) is 8.89. The second-order valence-electron chi connectivity index (χ2n) is 4.99. The summed E-state index contributed by atoms with van der Waals surface area (Å²) in [4.78, 5) is 11.5. The van der Waals surface area contributed by atoms with Gasteiger partial charge in [0, 0.05) is 6.04 Å². The average molecular weight is 185 g/mol. The molecule has 0 saturated heterocycles. The van der Waals surface area contributed by atoms with E-state index >= 15 is 0 Å². The Bertz CT molecular complexity index is 213. The molecule has 1 unspecified atom stereocenters. The monoisotopic (exact) mass is 185 g/mol. The standard InChI is InChI=1S/C10H19NO2/c1-9(2,3)7(11)10(5-6-10)8(12)13-4/h7H,5-6,11H2,1-4H3. The van der Waals surface area contributed by atoms with Crippen LogP contribution in [0.25, 0.3) is 0 Å². The fourth-order valence-electron chi connectivity index (χ4n) is 1.81. The first-order valence-corrected chi connectivity index (χ1v) is 4.68. The molecule has 0 spiro atoms. The highest BCUT2D eigenvalue weighted by Crippen LogP contribution is 2.53. The highest BCUT2D eigenvalue weighted by Gasteiger charge is 2.58. The summed E-state index contributed by atoms with van der Waals surface area (Å²) in [5, 5.41) is 0. The van der Waals surface area contributed by atoms with E-state index in [9.17, 15) is 4.79 Å². The average Bonchev–Trinajstić information content (AvgIpc) is 2.80. The number of rotatable bonds is 2. The molecular weight excluding hydrogens is 166 g/mol. The third-order valence-electron chi connectivity index (χ3n) is 2.91. The van der Waals surface area contributed by atoms with E-state index < -0.39 is 0 Å². The van der Waals surface area contributed by atoms with Gasteiger partial charge in [0.15, 0.2) is 0 Å².